The van der Waals surface area contributed by atoms with Gasteiger partial charge in [0, 0.05) is 11.3 Å². The second-order valence-electron chi connectivity index (χ2n) is 4.13. The van der Waals surface area contributed by atoms with Crippen LogP contribution < -0.4 is 15.2 Å². The Kier molecular flexibility index (Phi) is 4.50. The normalized spacial score (nSPS) is 9.95. The maximum Gasteiger partial charge on any atom is 0.262 e. The van der Waals surface area contributed by atoms with Crippen LogP contribution in [0.25, 0.3) is 0 Å². The highest BCUT2D eigenvalue weighted by atomic mass is 19.1. The van der Waals surface area contributed by atoms with Crippen molar-refractivity contribution in [2.45, 2.75) is 0 Å². The Balaban J connectivity index is 1.95. The van der Waals surface area contributed by atoms with E-state index in [1.807, 2.05) is 0 Å². The van der Waals surface area contributed by atoms with Gasteiger partial charge >= 0.3 is 0 Å². The van der Waals surface area contributed by atoms with Crippen LogP contribution in [0.2, 0.25) is 0 Å². The third kappa shape index (κ3) is 4.04. The zero-order chi connectivity index (χ0) is 15.2. The molecule has 0 saturated heterocycles. The molecule has 6 heteroatoms. The Hall–Kier alpha value is -2.89. The predicted octanol–water partition coefficient (Wildman–Crippen LogP) is 1.21. The van der Waals surface area contributed by atoms with E-state index in [0.717, 1.165) is 0 Å². The van der Waals surface area contributed by atoms with Gasteiger partial charge in [-0.25, -0.2) is 4.39 Å². The van der Waals surface area contributed by atoms with Crippen molar-refractivity contribution in [1.82, 2.24) is 0 Å². The summed E-state index contributed by atoms with van der Waals surface area (Å²) in [6.07, 6.45) is 0. The van der Waals surface area contributed by atoms with Gasteiger partial charge in [0.05, 0.1) is 5.97 Å². The van der Waals surface area contributed by atoms with Crippen LogP contribution in [0.1, 0.15) is 10.4 Å². The number of halogens is 1. The van der Waals surface area contributed by atoms with Gasteiger partial charge in [0.25, 0.3) is 5.91 Å². The lowest BCUT2D eigenvalue weighted by molar-refractivity contribution is -0.255. The molecule has 2 rings (SSSR count). The number of nitrogens with one attached hydrogen (secondary N) is 1. The first-order valence-corrected chi connectivity index (χ1v) is 6.05. The molecule has 0 aromatic heterocycles. The summed E-state index contributed by atoms with van der Waals surface area (Å²) < 4.78 is 17.9. The van der Waals surface area contributed by atoms with Gasteiger partial charge < -0.3 is 20.0 Å². The largest absolute Gasteiger partial charge is 0.545 e. The summed E-state index contributed by atoms with van der Waals surface area (Å²) in [5.74, 6) is -2.24. The third-order valence-corrected chi connectivity index (χ3v) is 2.59. The molecule has 0 atom stereocenters. The van der Waals surface area contributed by atoms with Crippen molar-refractivity contribution in [3.63, 3.8) is 0 Å². The topological polar surface area (TPSA) is 78.5 Å². The van der Waals surface area contributed by atoms with Crippen molar-refractivity contribution < 1.29 is 23.8 Å². The minimum absolute atomic E-state index is 0.0479. The molecule has 0 bridgehead atoms. The molecule has 0 aliphatic rings. The summed E-state index contributed by atoms with van der Waals surface area (Å²) in [6.45, 7) is -0.373. The first-order valence-electron chi connectivity index (χ1n) is 6.05. The maximum absolute atomic E-state index is 12.7. The van der Waals surface area contributed by atoms with Gasteiger partial charge in [0.2, 0.25) is 0 Å². The van der Waals surface area contributed by atoms with Crippen LogP contribution in [0.5, 0.6) is 5.75 Å². The molecule has 1 amide bonds. The molecule has 0 aliphatic carbocycles. The summed E-state index contributed by atoms with van der Waals surface area (Å²) in [6, 6.07) is 11.1. The molecule has 2 aromatic rings. The van der Waals surface area contributed by atoms with Crippen LogP contribution in [0, 0.1) is 5.82 Å². The average Bonchev–Trinajstić information content (AvgIpc) is 2.48. The maximum atomic E-state index is 12.7. The first kappa shape index (κ1) is 14.5. The van der Waals surface area contributed by atoms with Gasteiger partial charge in [0.1, 0.15) is 11.6 Å². The minimum atomic E-state index is -1.38. The molecule has 0 fully saturated rings. The number of benzene rings is 2. The number of aromatic carboxylic acids is 1. The number of hydrogen-bond donors (Lipinski definition) is 1. The quantitative estimate of drug-likeness (QED) is 0.897. The highest BCUT2D eigenvalue weighted by Crippen LogP contribution is 2.17. The number of rotatable bonds is 5. The molecule has 5 nitrogen and oxygen atoms in total. The van der Waals surface area contributed by atoms with E-state index in [1.165, 1.54) is 42.5 Å². The fraction of sp³-hybridized carbons (Fsp3) is 0.0667. The molecule has 21 heavy (non-hydrogen) atoms. The second-order valence-corrected chi connectivity index (χ2v) is 4.13. The van der Waals surface area contributed by atoms with Crippen molar-refractivity contribution in [3.8, 4) is 5.75 Å². The molecule has 2 aromatic carbocycles. The molecule has 0 spiro atoms. The lowest BCUT2D eigenvalue weighted by Crippen LogP contribution is -2.25. The van der Waals surface area contributed by atoms with Crippen molar-refractivity contribution in [2.75, 3.05) is 11.9 Å². The molecule has 0 radical (unpaired) electrons. The van der Waals surface area contributed by atoms with Gasteiger partial charge in [-0.2, -0.15) is 0 Å². The number of para-hydroxylation sites is 1. The Morgan fingerprint density at radius 1 is 1.10 bits per heavy atom. The monoisotopic (exact) mass is 288 g/mol. The number of hydrogen-bond acceptors (Lipinski definition) is 4. The standard InChI is InChI=1S/C15H12FNO4/c16-10-5-7-11(8-6-10)17-14(18)9-21-13-4-2-1-3-12(13)15(19)20/h1-8H,9H2,(H,17,18)(H,19,20)/p-1. The van der Waals surface area contributed by atoms with Gasteiger partial charge in [-0.05, 0) is 36.4 Å². The summed E-state index contributed by atoms with van der Waals surface area (Å²) in [4.78, 5) is 22.5. The SMILES string of the molecule is O=C(COc1ccccc1C(=O)[O-])Nc1ccc(F)cc1. The molecule has 0 heterocycles. The Morgan fingerprint density at radius 2 is 1.76 bits per heavy atom. The molecular formula is C15H11FNO4-. The van der Waals surface area contributed by atoms with Crippen LogP contribution in [0.4, 0.5) is 10.1 Å². The fourth-order valence-corrected chi connectivity index (χ4v) is 1.63. The van der Waals surface area contributed by atoms with Crippen molar-refractivity contribution in [2.24, 2.45) is 0 Å². The minimum Gasteiger partial charge on any atom is -0.545 e. The van der Waals surface area contributed by atoms with Crippen molar-refractivity contribution in [1.29, 1.82) is 0 Å². The number of carbonyl (C=O) groups excluding carboxylic acids is 2. The molecule has 108 valence electrons. The molecule has 1 N–H and O–H groups in total. The van der Waals surface area contributed by atoms with E-state index in [1.54, 1.807) is 6.07 Å². The highest BCUT2D eigenvalue weighted by molar-refractivity contribution is 5.92. The van der Waals surface area contributed by atoms with E-state index in [9.17, 15) is 19.1 Å². The Bertz CT molecular complexity index is 655. The van der Waals surface area contributed by atoms with Gasteiger partial charge in [-0.1, -0.05) is 12.1 Å². The lowest BCUT2D eigenvalue weighted by atomic mass is 10.2. The smallest absolute Gasteiger partial charge is 0.262 e. The lowest BCUT2D eigenvalue weighted by Gasteiger charge is -2.12. The number of carboxylic acid groups (broad SMARTS) is 1. The highest BCUT2D eigenvalue weighted by Gasteiger charge is 2.07. The van der Waals surface area contributed by atoms with Gasteiger partial charge in [-0.3, -0.25) is 4.79 Å². The number of amides is 1. The Labute approximate surface area is 120 Å². The van der Waals surface area contributed by atoms with Gasteiger partial charge in [0.15, 0.2) is 6.61 Å². The van der Waals surface area contributed by atoms with Crippen LogP contribution in [-0.4, -0.2) is 18.5 Å². The van der Waals surface area contributed by atoms with Crippen molar-refractivity contribution >= 4 is 17.6 Å². The zero-order valence-corrected chi connectivity index (χ0v) is 10.8. The Morgan fingerprint density at radius 3 is 2.43 bits per heavy atom. The van der Waals surface area contributed by atoms with Crippen LogP contribution >= 0.6 is 0 Å². The van der Waals surface area contributed by atoms with Crippen LogP contribution in [0.15, 0.2) is 48.5 Å². The van der Waals surface area contributed by atoms with Crippen molar-refractivity contribution in [3.05, 3.63) is 59.9 Å². The van der Waals surface area contributed by atoms with E-state index >= 15 is 0 Å². The summed E-state index contributed by atoms with van der Waals surface area (Å²) >= 11 is 0. The average molecular weight is 288 g/mol. The summed E-state index contributed by atoms with van der Waals surface area (Å²) in [5.41, 5.74) is 0.283. The van der Waals surface area contributed by atoms with Crippen LogP contribution in [0.3, 0.4) is 0 Å². The van der Waals surface area contributed by atoms with E-state index < -0.39 is 17.7 Å². The number of carboxylic acids is 1. The third-order valence-electron chi connectivity index (χ3n) is 2.59. The first-order chi connectivity index (χ1) is 10.1. The molecular weight excluding hydrogens is 277 g/mol. The zero-order valence-electron chi connectivity index (χ0n) is 10.8. The van der Waals surface area contributed by atoms with E-state index in [0.29, 0.717) is 5.69 Å². The number of ether oxygens (including phenoxy) is 1. The molecule has 0 aliphatic heterocycles. The molecule has 0 unspecified atom stereocenters. The fourth-order valence-electron chi connectivity index (χ4n) is 1.63. The summed E-state index contributed by atoms with van der Waals surface area (Å²) in [5, 5.41) is 13.4. The van der Waals surface area contributed by atoms with E-state index in [-0.39, 0.29) is 17.9 Å². The van der Waals surface area contributed by atoms with E-state index in [2.05, 4.69) is 5.32 Å². The van der Waals surface area contributed by atoms with Gasteiger partial charge in [-0.15, -0.1) is 0 Å². The van der Waals surface area contributed by atoms with Crippen LogP contribution in [-0.2, 0) is 4.79 Å². The number of carbonyl (C=O) groups is 2. The number of anilines is 1. The van der Waals surface area contributed by atoms with E-state index in [4.69, 9.17) is 4.74 Å². The molecule has 0 saturated carbocycles. The second kappa shape index (κ2) is 6.51. The summed E-state index contributed by atoms with van der Waals surface area (Å²) in [7, 11) is 0. The predicted molar refractivity (Wildman–Crippen MR) is 71.3 cm³/mol.